The maximum Gasteiger partial charge on any atom is 0.269 e. The van der Waals surface area contributed by atoms with Crippen LogP contribution in [0.15, 0.2) is 6.07 Å². The second kappa shape index (κ2) is 4.85. The molecule has 6 heteroatoms. The van der Waals surface area contributed by atoms with Crippen molar-refractivity contribution in [2.45, 2.75) is 37.8 Å². The standard InChI is InChI=1S/C13H21N5O/c1-18-9-2-3-10(18)5-8(4-9)7-15-13(19)11-6-12(14)17-16-11/h6,8-10H,2-5,7H2,1H3,(H,15,19)(H3,14,16,17). The summed E-state index contributed by atoms with van der Waals surface area (Å²) in [4.78, 5) is 14.4. The molecule has 19 heavy (non-hydrogen) atoms. The van der Waals surface area contributed by atoms with Crippen molar-refractivity contribution in [1.82, 2.24) is 20.4 Å². The molecule has 2 aliphatic heterocycles. The lowest BCUT2D eigenvalue weighted by Crippen LogP contribution is -2.43. The number of nitrogens with zero attached hydrogens (tertiary/aromatic N) is 2. The monoisotopic (exact) mass is 263 g/mol. The first-order valence-electron chi connectivity index (χ1n) is 6.94. The Bertz CT molecular complexity index is 457. The molecular formula is C13H21N5O. The van der Waals surface area contributed by atoms with Crippen molar-refractivity contribution in [2.75, 3.05) is 19.3 Å². The first-order valence-corrected chi connectivity index (χ1v) is 6.94. The molecule has 3 heterocycles. The lowest BCUT2D eigenvalue weighted by Gasteiger charge is -2.36. The normalized spacial score (nSPS) is 30.5. The predicted molar refractivity (Wildman–Crippen MR) is 72.6 cm³/mol. The molecule has 4 N–H and O–H groups in total. The van der Waals surface area contributed by atoms with Crippen LogP contribution in [0.2, 0.25) is 0 Å². The van der Waals surface area contributed by atoms with Crippen molar-refractivity contribution < 1.29 is 4.79 Å². The fraction of sp³-hybridized carbons (Fsp3) is 0.692. The molecule has 0 aromatic carbocycles. The van der Waals surface area contributed by atoms with Gasteiger partial charge < -0.3 is 16.0 Å². The van der Waals surface area contributed by atoms with E-state index in [2.05, 4.69) is 27.5 Å². The molecule has 2 atom stereocenters. The number of aromatic amines is 1. The van der Waals surface area contributed by atoms with E-state index >= 15 is 0 Å². The van der Waals surface area contributed by atoms with E-state index in [1.165, 1.54) is 25.7 Å². The molecule has 0 saturated carbocycles. The van der Waals surface area contributed by atoms with Gasteiger partial charge in [-0.25, -0.2) is 0 Å². The number of fused-ring (bicyclic) bond motifs is 2. The van der Waals surface area contributed by atoms with Crippen molar-refractivity contribution in [3.05, 3.63) is 11.8 Å². The number of H-pyrrole nitrogens is 1. The Labute approximate surface area is 112 Å². The third-order valence-corrected chi connectivity index (χ3v) is 4.59. The quantitative estimate of drug-likeness (QED) is 0.745. The Kier molecular flexibility index (Phi) is 3.18. The van der Waals surface area contributed by atoms with Crippen LogP contribution in [0.1, 0.15) is 36.2 Å². The maximum atomic E-state index is 11.9. The molecule has 6 nitrogen and oxygen atoms in total. The van der Waals surface area contributed by atoms with Gasteiger partial charge >= 0.3 is 0 Å². The van der Waals surface area contributed by atoms with E-state index < -0.39 is 0 Å². The summed E-state index contributed by atoms with van der Waals surface area (Å²) in [6.07, 6.45) is 5.00. The number of carbonyl (C=O) groups is 1. The molecule has 2 unspecified atom stereocenters. The molecule has 0 aliphatic carbocycles. The molecule has 2 aliphatic rings. The number of hydrogen-bond donors (Lipinski definition) is 3. The molecule has 1 amide bonds. The molecule has 1 aromatic rings. The highest BCUT2D eigenvalue weighted by atomic mass is 16.1. The van der Waals surface area contributed by atoms with Crippen LogP contribution in [-0.4, -0.2) is 46.7 Å². The number of amides is 1. The maximum absolute atomic E-state index is 11.9. The van der Waals surface area contributed by atoms with Gasteiger partial charge in [-0.15, -0.1) is 0 Å². The fourth-order valence-electron chi connectivity index (χ4n) is 3.48. The van der Waals surface area contributed by atoms with Crippen LogP contribution >= 0.6 is 0 Å². The number of aromatic nitrogens is 2. The summed E-state index contributed by atoms with van der Waals surface area (Å²) >= 11 is 0. The second-order valence-electron chi connectivity index (χ2n) is 5.80. The molecule has 1 aromatic heterocycles. The van der Waals surface area contributed by atoms with Crippen molar-refractivity contribution in [2.24, 2.45) is 5.92 Å². The Morgan fingerprint density at radius 3 is 2.79 bits per heavy atom. The van der Waals surface area contributed by atoms with E-state index in [1.807, 2.05) is 0 Å². The Morgan fingerprint density at radius 2 is 2.21 bits per heavy atom. The molecule has 3 rings (SSSR count). The van der Waals surface area contributed by atoms with Crippen LogP contribution in [-0.2, 0) is 0 Å². The van der Waals surface area contributed by atoms with E-state index in [1.54, 1.807) is 6.07 Å². The van der Waals surface area contributed by atoms with Gasteiger partial charge in [0.2, 0.25) is 0 Å². The summed E-state index contributed by atoms with van der Waals surface area (Å²) in [5.74, 6) is 0.830. The Morgan fingerprint density at radius 1 is 1.53 bits per heavy atom. The number of nitrogens with two attached hydrogens (primary N) is 1. The van der Waals surface area contributed by atoms with Crippen LogP contribution in [0.4, 0.5) is 5.82 Å². The Balaban J connectivity index is 1.52. The van der Waals surface area contributed by atoms with Gasteiger partial charge in [-0.2, -0.15) is 5.10 Å². The van der Waals surface area contributed by atoms with Gasteiger partial charge in [-0.1, -0.05) is 0 Å². The molecule has 104 valence electrons. The molecule has 2 bridgehead atoms. The molecule has 0 radical (unpaired) electrons. The Hall–Kier alpha value is -1.56. The smallest absolute Gasteiger partial charge is 0.269 e. The highest BCUT2D eigenvalue weighted by Gasteiger charge is 2.38. The largest absolute Gasteiger partial charge is 0.382 e. The zero-order valence-electron chi connectivity index (χ0n) is 11.2. The van der Waals surface area contributed by atoms with Gasteiger partial charge in [0.15, 0.2) is 0 Å². The van der Waals surface area contributed by atoms with Crippen molar-refractivity contribution in [1.29, 1.82) is 0 Å². The SMILES string of the molecule is CN1C2CCC1CC(CNC(=O)c1cc(N)n[nH]1)C2. The first-order chi connectivity index (χ1) is 9.13. The molecule has 2 saturated heterocycles. The van der Waals surface area contributed by atoms with Gasteiger partial charge in [-0.3, -0.25) is 9.89 Å². The van der Waals surface area contributed by atoms with Crippen molar-refractivity contribution in [3.8, 4) is 0 Å². The zero-order valence-corrected chi connectivity index (χ0v) is 11.2. The van der Waals surface area contributed by atoms with Crippen LogP contribution in [0.5, 0.6) is 0 Å². The van der Waals surface area contributed by atoms with Gasteiger partial charge in [0.05, 0.1) is 0 Å². The van der Waals surface area contributed by atoms with E-state index in [0.717, 1.165) is 6.54 Å². The van der Waals surface area contributed by atoms with Gasteiger partial charge in [0, 0.05) is 24.7 Å². The number of nitrogens with one attached hydrogen (secondary N) is 2. The van der Waals surface area contributed by atoms with E-state index in [-0.39, 0.29) is 5.91 Å². The number of carbonyl (C=O) groups excluding carboxylic acids is 1. The van der Waals surface area contributed by atoms with Crippen molar-refractivity contribution >= 4 is 11.7 Å². The first kappa shape index (κ1) is 12.5. The number of nitrogen functional groups attached to an aromatic ring is 1. The molecule has 0 spiro atoms. The van der Waals surface area contributed by atoms with Crippen molar-refractivity contribution in [3.63, 3.8) is 0 Å². The lowest BCUT2D eigenvalue weighted by atomic mass is 9.91. The minimum Gasteiger partial charge on any atom is -0.382 e. The third kappa shape index (κ3) is 2.45. The summed E-state index contributed by atoms with van der Waals surface area (Å²) in [7, 11) is 2.23. The summed E-state index contributed by atoms with van der Waals surface area (Å²) in [5.41, 5.74) is 5.93. The van der Waals surface area contributed by atoms with E-state index in [0.29, 0.717) is 29.5 Å². The summed E-state index contributed by atoms with van der Waals surface area (Å²) in [6.45, 7) is 0.749. The molecule has 2 fully saturated rings. The highest BCUT2D eigenvalue weighted by Crippen LogP contribution is 2.36. The molecular weight excluding hydrogens is 242 g/mol. The number of hydrogen-bond acceptors (Lipinski definition) is 4. The summed E-state index contributed by atoms with van der Waals surface area (Å²) < 4.78 is 0. The zero-order chi connectivity index (χ0) is 13.4. The third-order valence-electron chi connectivity index (χ3n) is 4.59. The highest BCUT2D eigenvalue weighted by molar-refractivity contribution is 5.92. The topological polar surface area (TPSA) is 87.0 Å². The summed E-state index contributed by atoms with van der Waals surface area (Å²) in [5, 5.41) is 9.38. The van der Waals surface area contributed by atoms with Crippen LogP contribution in [0, 0.1) is 5.92 Å². The lowest BCUT2D eigenvalue weighted by molar-refractivity contribution is 0.0912. The van der Waals surface area contributed by atoms with E-state index in [4.69, 9.17) is 5.73 Å². The van der Waals surface area contributed by atoms with Gasteiger partial charge in [0.1, 0.15) is 11.5 Å². The average molecular weight is 263 g/mol. The van der Waals surface area contributed by atoms with E-state index in [9.17, 15) is 4.79 Å². The number of rotatable bonds is 3. The minimum atomic E-state index is -0.115. The van der Waals surface area contributed by atoms with Crippen LogP contribution in [0.3, 0.4) is 0 Å². The van der Waals surface area contributed by atoms with Crippen LogP contribution < -0.4 is 11.1 Å². The summed E-state index contributed by atoms with van der Waals surface area (Å²) in [6, 6.07) is 2.99. The van der Waals surface area contributed by atoms with Gasteiger partial charge in [-0.05, 0) is 38.6 Å². The van der Waals surface area contributed by atoms with Crippen LogP contribution in [0.25, 0.3) is 0 Å². The fourth-order valence-corrected chi connectivity index (χ4v) is 3.48. The number of piperidine rings is 1. The predicted octanol–water partition coefficient (Wildman–Crippen LogP) is 0.594. The van der Waals surface area contributed by atoms with Gasteiger partial charge in [0.25, 0.3) is 5.91 Å². The number of anilines is 1. The minimum absolute atomic E-state index is 0.115. The average Bonchev–Trinajstić information content (AvgIpc) is 2.88. The second-order valence-corrected chi connectivity index (χ2v) is 5.80.